The van der Waals surface area contributed by atoms with Crippen LogP contribution in [-0.2, 0) is 0 Å². The number of nitrogens with two attached hydrogens (primary N) is 1. The molecule has 2 aromatic heterocycles. The summed E-state index contributed by atoms with van der Waals surface area (Å²) in [6.07, 6.45) is 0. The third-order valence-corrected chi connectivity index (χ3v) is 3.00. The van der Waals surface area contributed by atoms with Gasteiger partial charge in [-0.3, -0.25) is 0 Å². The highest BCUT2D eigenvalue weighted by molar-refractivity contribution is 5.77. The first kappa shape index (κ1) is 10.8. The summed E-state index contributed by atoms with van der Waals surface area (Å²) < 4.78 is 1.70. The summed E-state index contributed by atoms with van der Waals surface area (Å²) >= 11 is 0. The first-order valence-corrected chi connectivity index (χ1v) is 5.84. The second-order valence-electron chi connectivity index (χ2n) is 4.38. The molecule has 0 saturated heterocycles. The zero-order valence-electron chi connectivity index (χ0n) is 10.4. The lowest BCUT2D eigenvalue weighted by Crippen LogP contribution is -2.05. The van der Waals surface area contributed by atoms with Crippen LogP contribution in [0.4, 0.5) is 5.82 Å². The van der Waals surface area contributed by atoms with Crippen LogP contribution < -0.4 is 5.73 Å². The van der Waals surface area contributed by atoms with E-state index >= 15 is 0 Å². The van der Waals surface area contributed by atoms with Gasteiger partial charge in [0.15, 0.2) is 5.65 Å². The molecule has 0 atom stereocenters. The van der Waals surface area contributed by atoms with Crippen LogP contribution in [-0.4, -0.2) is 14.6 Å². The van der Waals surface area contributed by atoms with E-state index in [9.17, 15) is 0 Å². The molecule has 3 rings (SSSR count). The first-order valence-electron chi connectivity index (χ1n) is 5.84. The van der Waals surface area contributed by atoms with Crippen molar-refractivity contribution in [3.8, 4) is 11.1 Å². The summed E-state index contributed by atoms with van der Waals surface area (Å²) in [7, 11) is 0. The standard InChI is InChI=1S/C14H14N4/c1-9-8-12-16-10(2)13(14(15)18(12)17-9)11-6-4-3-5-7-11/h3-8H,15H2,1-2H3. The fourth-order valence-electron chi connectivity index (χ4n) is 2.22. The molecular weight excluding hydrogens is 224 g/mol. The molecule has 0 spiro atoms. The Morgan fingerprint density at radius 1 is 1.11 bits per heavy atom. The summed E-state index contributed by atoms with van der Waals surface area (Å²) in [6.45, 7) is 3.91. The topological polar surface area (TPSA) is 56.2 Å². The number of fused-ring (bicyclic) bond motifs is 1. The van der Waals surface area contributed by atoms with Crippen molar-refractivity contribution in [1.29, 1.82) is 0 Å². The Labute approximate surface area is 105 Å². The van der Waals surface area contributed by atoms with Crippen molar-refractivity contribution in [2.45, 2.75) is 13.8 Å². The smallest absolute Gasteiger partial charge is 0.157 e. The molecule has 18 heavy (non-hydrogen) atoms. The van der Waals surface area contributed by atoms with Crippen LogP contribution in [0.3, 0.4) is 0 Å². The van der Waals surface area contributed by atoms with Crippen LogP contribution in [0.15, 0.2) is 36.4 Å². The average Bonchev–Trinajstić information content (AvgIpc) is 2.71. The van der Waals surface area contributed by atoms with E-state index in [0.29, 0.717) is 5.82 Å². The summed E-state index contributed by atoms with van der Waals surface area (Å²) in [6, 6.07) is 12.0. The first-order chi connectivity index (χ1) is 8.66. The summed E-state index contributed by atoms with van der Waals surface area (Å²) in [5.74, 6) is 0.636. The van der Waals surface area contributed by atoms with Gasteiger partial charge in [-0.05, 0) is 19.4 Å². The van der Waals surface area contributed by atoms with Crippen molar-refractivity contribution in [2.24, 2.45) is 0 Å². The van der Waals surface area contributed by atoms with Gasteiger partial charge >= 0.3 is 0 Å². The minimum absolute atomic E-state index is 0.636. The third-order valence-electron chi connectivity index (χ3n) is 3.00. The molecule has 0 unspecified atom stereocenters. The molecule has 0 saturated carbocycles. The van der Waals surface area contributed by atoms with Crippen LogP contribution in [0.1, 0.15) is 11.4 Å². The number of rotatable bonds is 1. The van der Waals surface area contributed by atoms with Gasteiger partial charge in [0.25, 0.3) is 0 Å². The summed E-state index contributed by atoms with van der Waals surface area (Å²) in [5, 5.41) is 4.37. The van der Waals surface area contributed by atoms with Crippen LogP contribution in [0, 0.1) is 13.8 Å². The van der Waals surface area contributed by atoms with Gasteiger partial charge in [0, 0.05) is 11.6 Å². The quantitative estimate of drug-likeness (QED) is 0.709. The van der Waals surface area contributed by atoms with Crippen molar-refractivity contribution < 1.29 is 0 Å². The Morgan fingerprint density at radius 3 is 2.56 bits per heavy atom. The van der Waals surface area contributed by atoms with Gasteiger partial charge in [0.1, 0.15) is 5.82 Å². The molecular formula is C14H14N4. The Kier molecular flexibility index (Phi) is 2.30. The molecule has 0 aliphatic heterocycles. The largest absolute Gasteiger partial charge is 0.383 e. The van der Waals surface area contributed by atoms with Crippen molar-refractivity contribution >= 4 is 11.5 Å². The van der Waals surface area contributed by atoms with Crippen molar-refractivity contribution in [2.75, 3.05) is 5.73 Å². The molecule has 1 aromatic carbocycles. The van der Waals surface area contributed by atoms with Crippen molar-refractivity contribution in [3.05, 3.63) is 47.8 Å². The number of hydrogen-bond acceptors (Lipinski definition) is 3. The molecule has 4 nitrogen and oxygen atoms in total. The number of hydrogen-bond donors (Lipinski definition) is 1. The van der Waals surface area contributed by atoms with E-state index in [1.165, 1.54) is 0 Å². The lowest BCUT2D eigenvalue weighted by atomic mass is 10.1. The van der Waals surface area contributed by atoms with E-state index in [-0.39, 0.29) is 0 Å². The molecule has 2 N–H and O–H groups in total. The number of nitrogens with zero attached hydrogens (tertiary/aromatic N) is 3. The monoisotopic (exact) mass is 238 g/mol. The summed E-state index contributed by atoms with van der Waals surface area (Å²) in [4.78, 5) is 4.55. The fraction of sp³-hybridized carbons (Fsp3) is 0.143. The third kappa shape index (κ3) is 1.54. The molecule has 3 aromatic rings. The maximum absolute atomic E-state index is 6.23. The number of nitrogen functional groups attached to an aromatic ring is 1. The zero-order valence-corrected chi connectivity index (χ0v) is 10.4. The molecule has 2 heterocycles. The molecule has 0 radical (unpaired) electrons. The predicted octanol–water partition coefficient (Wildman–Crippen LogP) is 2.60. The molecule has 0 aliphatic carbocycles. The lowest BCUT2D eigenvalue weighted by Gasteiger charge is -2.10. The van der Waals surface area contributed by atoms with Crippen LogP contribution in [0.2, 0.25) is 0 Å². The molecule has 90 valence electrons. The SMILES string of the molecule is Cc1cc2nc(C)c(-c3ccccc3)c(N)n2n1. The van der Waals surface area contributed by atoms with Crippen LogP contribution in [0.5, 0.6) is 0 Å². The minimum atomic E-state index is 0.636. The zero-order chi connectivity index (χ0) is 12.7. The number of benzene rings is 1. The van der Waals surface area contributed by atoms with Crippen LogP contribution >= 0.6 is 0 Å². The fourth-order valence-corrected chi connectivity index (χ4v) is 2.22. The van der Waals surface area contributed by atoms with Gasteiger partial charge in [-0.15, -0.1) is 0 Å². The number of aryl methyl sites for hydroxylation is 2. The van der Waals surface area contributed by atoms with Crippen molar-refractivity contribution in [3.63, 3.8) is 0 Å². The van der Waals surface area contributed by atoms with Crippen molar-refractivity contribution in [1.82, 2.24) is 14.6 Å². The van der Waals surface area contributed by atoms with E-state index in [1.807, 2.05) is 50.2 Å². The Balaban J connectivity index is 2.36. The molecule has 0 aliphatic rings. The minimum Gasteiger partial charge on any atom is -0.383 e. The maximum atomic E-state index is 6.23. The van der Waals surface area contributed by atoms with E-state index in [4.69, 9.17) is 5.73 Å². The Bertz CT molecular complexity index is 713. The van der Waals surface area contributed by atoms with Gasteiger partial charge in [-0.2, -0.15) is 9.61 Å². The maximum Gasteiger partial charge on any atom is 0.157 e. The Morgan fingerprint density at radius 2 is 1.83 bits per heavy atom. The Hall–Kier alpha value is -2.36. The van der Waals surface area contributed by atoms with Gasteiger partial charge in [0.05, 0.1) is 11.4 Å². The molecule has 0 bridgehead atoms. The molecule has 0 fully saturated rings. The van der Waals surface area contributed by atoms with E-state index < -0.39 is 0 Å². The van der Waals surface area contributed by atoms with E-state index in [0.717, 1.165) is 28.2 Å². The van der Waals surface area contributed by atoms with Gasteiger partial charge in [-0.1, -0.05) is 30.3 Å². The second-order valence-corrected chi connectivity index (χ2v) is 4.38. The number of aromatic nitrogens is 3. The number of anilines is 1. The van der Waals surface area contributed by atoms with Crippen LogP contribution in [0.25, 0.3) is 16.8 Å². The highest BCUT2D eigenvalue weighted by Crippen LogP contribution is 2.28. The predicted molar refractivity (Wildman–Crippen MR) is 72.3 cm³/mol. The summed E-state index contributed by atoms with van der Waals surface area (Å²) in [5.41, 5.74) is 10.9. The van der Waals surface area contributed by atoms with E-state index in [2.05, 4.69) is 10.1 Å². The highest BCUT2D eigenvalue weighted by atomic mass is 15.3. The lowest BCUT2D eigenvalue weighted by molar-refractivity contribution is 0.923. The highest BCUT2D eigenvalue weighted by Gasteiger charge is 2.13. The van der Waals surface area contributed by atoms with E-state index in [1.54, 1.807) is 4.52 Å². The van der Waals surface area contributed by atoms with Gasteiger partial charge in [0.2, 0.25) is 0 Å². The normalized spacial score (nSPS) is 11.0. The van der Waals surface area contributed by atoms with Gasteiger partial charge < -0.3 is 5.73 Å². The second kappa shape index (κ2) is 3.84. The van der Waals surface area contributed by atoms with Gasteiger partial charge in [-0.25, -0.2) is 4.98 Å². The molecule has 4 heteroatoms. The average molecular weight is 238 g/mol. The molecule has 0 amide bonds.